The number of nitriles is 1. The van der Waals surface area contributed by atoms with Crippen LogP contribution in [0.15, 0.2) is 6.20 Å². The molecule has 1 heterocycles. The molecule has 2 rings (SSSR count). The standard InChI is InChI=1S/C10H13N3/c1-2-13-10-5-8(6-11)3-4-9(10)7-12-13/h7-8H,2-5H2,1H3. The van der Waals surface area contributed by atoms with Gasteiger partial charge in [0, 0.05) is 18.7 Å². The van der Waals surface area contributed by atoms with Gasteiger partial charge in [0.15, 0.2) is 0 Å². The SMILES string of the molecule is CCn1ncc2c1CC(C#N)CC2. The van der Waals surface area contributed by atoms with Crippen LogP contribution in [0.3, 0.4) is 0 Å². The molecule has 0 amide bonds. The second kappa shape index (κ2) is 3.21. The average Bonchev–Trinajstić information content (AvgIpc) is 2.59. The Morgan fingerprint density at radius 2 is 2.62 bits per heavy atom. The molecule has 0 aromatic carbocycles. The lowest BCUT2D eigenvalue weighted by molar-refractivity contribution is 0.518. The molecule has 0 bridgehead atoms. The summed E-state index contributed by atoms with van der Waals surface area (Å²) in [6.07, 6.45) is 4.86. The van der Waals surface area contributed by atoms with Crippen LogP contribution >= 0.6 is 0 Å². The molecule has 0 saturated heterocycles. The van der Waals surface area contributed by atoms with Crippen molar-refractivity contribution in [1.29, 1.82) is 5.26 Å². The maximum absolute atomic E-state index is 8.84. The Labute approximate surface area is 78.0 Å². The lowest BCUT2D eigenvalue weighted by Gasteiger charge is -2.17. The normalized spacial score (nSPS) is 20.8. The summed E-state index contributed by atoms with van der Waals surface area (Å²) in [4.78, 5) is 0. The zero-order valence-corrected chi connectivity index (χ0v) is 7.82. The number of nitrogens with zero attached hydrogens (tertiary/aromatic N) is 3. The average molecular weight is 175 g/mol. The van der Waals surface area contributed by atoms with E-state index in [-0.39, 0.29) is 5.92 Å². The van der Waals surface area contributed by atoms with E-state index in [2.05, 4.69) is 18.1 Å². The van der Waals surface area contributed by atoms with Crippen molar-refractivity contribution in [1.82, 2.24) is 9.78 Å². The zero-order chi connectivity index (χ0) is 9.26. The minimum atomic E-state index is 0.203. The zero-order valence-electron chi connectivity index (χ0n) is 7.82. The van der Waals surface area contributed by atoms with Gasteiger partial charge < -0.3 is 0 Å². The highest BCUT2D eigenvalue weighted by Crippen LogP contribution is 2.24. The van der Waals surface area contributed by atoms with Gasteiger partial charge in [-0.05, 0) is 25.3 Å². The Hall–Kier alpha value is -1.30. The number of aryl methyl sites for hydroxylation is 2. The fraction of sp³-hybridized carbons (Fsp3) is 0.600. The molecule has 13 heavy (non-hydrogen) atoms. The Morgan fingerprint density at radius 3 is 3.31 bits per heavy atom. The molecule has 0 spiro atoms. The van der Waals surface area contributed by atoms with Crippen molar-refractivity contribution in [2.75, 3.05) is 0 Å². The smallest absolute Gasteiger partial charge is 0.0659 e. The van der Waals surface area contributed by atoms with E-state index in [0.29, 0.717) is 0 Å². The largest absolute Gasteiger partial charge is 0.270 e. The lowest BCUT2D eigenvalue weighted by Crippen LogP contribution is -2.15. The molecular weight excluding hydrogens is 162 g/mol. The van der Waals surface area contributed by atoms with Crippen molar-refractivity contribution in [2.45, 2.75) is 32.7 Å². The Bertz CT molecular complexity index is 332. The van der Waals surface area contributed by atoms with E-state index in [0.717, 1.165) is 25.8 Å². The summed E-state index contributed by atoms with van der Waals surface area (Å²) in [5.41, 5.74) is 2.62. The van der Waals surface area contributed by atoms with Gasteiger partial charge >= 0.3 is 0 Å². The van der Waals surface area contributed by atoms with Crippen molar-refractivity contribution < 1.29 is 0 Å². The summed E-state index contributed by atoms with van der Waals surface area (Å²) in [7, 11) is 0. The minimum absolute atomic E-state index is 0.203. The topological polar surface area (TPSA) is 41.6 Å². The first-order valence-corrected chi connectivity index (χ1v) is 4.78. The molecule has 1 aromatic heterocycles. The van der Waals surface area contributed by atoms with Crippen LogP contribution in [-0.2, 0) is 19.4 Å². The second-order valence-corrected chi connectivity index (χ2v) is 3.50. The molecule has 0 radical (unpaired) electrons. The summed E-state index contributed by atoms with van der Waals surface area (Å²) < 4.78 is 2.01. The van der Waals surface area contributed by atoms with Crippen LogP contribution in [0, 0.1) is 17.2 Å². The molecule has 0 fully saturated rings. The van der Waals surface area contributed by atoms with Crippen LogP contribution in [0.25, 0.3) is 0 Å². The monoisotopic (exact) mass is 175 g/mol. The number of hydrogen-bond donors (Lipinski definition) is 0. The Balaban J connectivity index is 2.31. The first-order valence-electron chi connectivity index (χ1n) is 4.78. The van der Waals surface area contributed by atoms with Crippen LogP contribution in [0.2, 0.25) is 0 Å². The predicted octanol–water partition coefficient (Wildman–Crippen LogP) is 1.53. The summed E-state index contributed by atoms with van der Waals surface area (Å²) in [5, 5.41) is 13.1. The summed E-state index contributed by atoms with van der Waals surface area (Å²) in [5.74, 6) is 0.203. The third-order valence-electron chi connectivity index (χ3n) is 2.72. The molecule has 3 heteroatoms. The van der Waals surface area contributed by atoms with E-state index in [1.165, 1.54) is 11.3 Å². The molecule has 0 aliphatic heterocycles. The van der Waals surface area contributed by atoms with Gasteiger partial charge in [-0.2, -0.15) is 10.4 Å². The molecular formula is C10H13N3. The van der Waals surface area contributed by atoms with Gasteiger partial charge in [0.1, 0.15) is 0 Å². The van der Waals surface area contributed by atoms with E-state index in [1.807, 2.05) is 10.9 Å². The lowest BCUT2D eigenvalue weighted by atomic mass is 9.89. The molecule has 1 unspecified atom stereocenters. The third-order valence-corrected chi connectivity index (χ3v) is 2.72. The van der Waals surface area contributed by atoms with Crippen molar-refractivity contribution in [2.24, 2.45) is 5.92 Å². The van der Waals surface area contributed by atoms with Gasteiger partial charge in [0.25, 0.3) is 0 Å². The van der Waals surface area contributed by atoms with Crippen molar-refractivity contribution in [3.8, 4) is 6.07 Å². The fourth-order valence-corrected chi connectivity index (χ4v) is 1.94. The summed E-state index contributed by atoms with van der Waals surface area (Å²) in [6.45, 7) is 3.00. The second-order valence-electron chi connectivity index (χ2n) is 3.50. The fourth-order valence-electron chi connectivity index (χ4n) is 1.94. The van der Waals surface area contributed by atoms with Crippen molar-refractivity contribution >= 4 is 0 Å². The highest BCUT2D eigenvalue weighted by Gasteiger charge is 2.21. The van der Waals surface area contributed by atoms with Crippen molar-refractivity contribution in [3.05, 3.63) is 17.5 Å². The van der Waals surface area contributed by atoms with E-state index in [4.69, 9.17) is 5.26 Å². The molecule has 68 valence electrons. The minimum Gasteiger partial charge on any atom is -0.270 e. The number of rotatable bonds is 1. The van der Waals surface area contributed by atoms with Crippen LogP contribution < -0.4 is 0 Å². The Kier molecular flexibility index (Phi) is 2.05. The summed E-state index contributed by atoms with van der Waals surface area (Å²) >= 11 is 0. The van der Waals surface area contributed by atoms with Crippen LogP contribution in [-0.4, -0.2) is 9.78 Å². The van der Waals surface area contributed by atoms with Gasteiger partial charge in [-0.1, -0.05) is 0 Å². The van der Waals surface area contributed by atoms with Crippen LogP contribution in [0.4, 0.5) is 0 Å². The maximum Gasteiger partial charge on any atom is 0.0659 e. The van der Waals surface area contributed by atoms with Gasteiger partial charge in [-0.15, -0.1) is 0 Å². The number of fused-ring (bicyclic) bond motifs is 1. The maximum atomic E-state index is 8.84. The number of hydrogen-bond acceptors (Lipinski definition) is 2. The molecule has 1 atom stereocenters. The van der Waals surface area contributed by atoms with Gasteiger partial charge in [-0.25, -0.2) is 0 Å². The van der Waals surface area contributed by atoms with E-state index < -0.39 is 0 Å². The van der Waals surface area contributed by atoms with Gasteiger partial charge in [0.2, 0.25) is 0 Å². The highest BCUT2D eigenvalue weighted by molar-refractivity contribution is 5.23. The van der Waals surface area contributed by atoms with Crippen LogP contribution in [0.1, 0.15) is 24.6 Å². The van der Waals surface area contributed by atoms with Crippen molar-refractivity contribution in [3.63, 3.8) is 0 Å². The molecule has 1 aromatic rings. The number of aromatic nitrogens is 2. The quantitative estimate of drug-likeness (QED) is 0.649. The van der Waals surface area contributed by atoms with E-state index in [9.17, 15) is 0 Å². The van der Waals surface area contributed by atoms with Gasteiger partial charge in [0.05, 0.1) is 18.2 Å². The molecule has 1 aliphatic rings. The molecule has 0 saturated carbocycles. The molecule has 3 nitrogen and oxygen atoms in total. The third kappa shape index (κ3) is 1.33. The molecule has 1 aliphatic carbocycles. The first-order chi connectivity index (χ1) is 6.35. The first kappa shape index (κ1) is 8.31. The molecule has 0 N–H and O–H groups in total. The van der Waals surface area contributed by atoms with Crippen LogP contribution in [0.5, 0.6) is 0 Å². The predicted molar refractivity (Wildman–Crippen MR) is 49.0 cm³/mol. The van der Waals surface area contributed by atoms with E-state index in [1.54, 1.807) is 0 Å². The Morgan fingerprint density at radius 1 is 1.77 bits per heavy atom. The summed E-state index contributed by atoms with van der Waals surface area (Å²) in [6, 6.07) is 2.34. The van der Waals surface area contributed by atoms with E-state index >= 15 is 0 Å². The highest BCUT2D eigenvalue weighted by atomic mass is 15.3. The van der Waals surface area contributed by atoms with Gasteiger partial charge in [-0.3, -0.25) is 4.68 Å².